The molecule has 0 radical (unpaired) electrons. The van der Waals surface area contributed by atoms with Gasteiger partial charge in [0, 0.05) is 17.7 Å². The molecule has 1 aromatic rings. The molecule has 0 bridgehead atoms. The second-order valence-corrected chi connectivity index (χ2v) is 8.36. The van der Waals surface area contributed by atoms with Crippen molar-refractivity contribution in [1.82, 2.24) is 4.90 Å². The van der Waals surface area contributed by atoms with Crippen LogP contribution in [-0.4, -0.2) is 59.2 Å². The number of nitrogens with zero attached hydrogens (tertiary/aromatic N) is 1. The van der Waals surface area contributed by atoms with Crippen LogP contribution in [0.4, 0.5) is 5.00 Å². The average Bonchev–Trinajstić information content (AvgIpc) is 3.24. The van der Waals surface area contributed by atoms with E-state index in [4.69, 9.17) is 9.47 Å². The molecule has 3 rings (SSSR count). The van der Waals surface area contributed by atoms with Crippen LogP contribution >= 0.6 is 11.3 Å². The lowest BCUT2D eigenvalue weighted by molar-refractivity contribution is -0.159. The van der Waals surface area contributed by atoms with Gasteiger partial charge in [-0.3, -0.25) is 14.5 Å². The van der Waals surface area contributed by atoms with Crippen molar-refractivity contribution >= 4 is 40.1 Å². The third-order valence-corrected chi connectivity index (χ3v) is 6.37. The quantitative estimate of drug-likeness (QED) is 0.357. The Kier molecular flexibility index (Phi) is 7.09. The molecule has 1 aliphatic carbocycles. The van der Waals surface area contributed by atoms with Gasteiger partial charge in [0.15, 0.2) is 6.23 Å². The zero-order chi connectivity index (χ0) is 21.8. The molecule has 1 fully saturated rings. The molecule has 2 heterocycles. The molecule has 0 saturated carbocycles. The van der Waals surface area contributed by atoms with E-state index in [1.807, 2.05) is 0 Å². The highest BCUT2D eigenvalue weighted by molar-refractivity contribution is 7.16. The number of aliphatic hydroxyl groups is 1. The van der Waals surface area contributed by atoms with Crippen LogP contribution in [0, 0.1) is 0 Å². The minimum atomic E-state index is -1.26. The highest BCUT2D eigenvalue weighted by Gasteiger charge is 2.37. The van der Waals surface area contributed by atoms with Crippen LogP contribution in [0.5, 0.6) is 0 Å². The number of likely N-dealkylation sites (tertiary alicyclic amines) is 1. The van der Waals surface area contributed by atoms with E-state index in [0.717, 1.165) is 41.0 Å². The first-order chi connectivity index (χ1) is 14.3. The lowest BCUT2D eigenvalue weighted by atomic mass is 9.95. The fourth-order valence-electron chi connectivity index (χ4n) is 3.69. The highest BCUT2D eigenvalue weighted by atomic mass is 32.1. The van der Waals surface area contributed by atoms with Gasteiger partial charge < -0.3 is 19.9 Å². The third-order valence-electron chi connectivity index (χ3n) is 5.15. The molecular weight excluding hydrogens is 412 g/mol. The first-order valence-electron chi connectivity index (χ1n) is 10.1. The fourth-order valence-corrected chi connectivity index (χ4v) is 5.02. The summed E-state index contributed by atoms with van der Waals surface area (Å²) in [6, 6.07) is -1.05. The molecule has 1 saturated heterocycles. The van der Waals surface area contributed by atoms with E-state index in [-0.39, 0.29) is 19.4 Å². The van der Waals surface area contributed by atoms with Crippen molar-refractivity contribution < 1.29 is 33.8 Å². The van der Waals surface area contributed by atoms with Gasteiger partial charge in [-0.1, -0.05) is 0 Å². The number of hydrogen-bond acceptors (Lipinski definition) is 9. The van der Waals surface area contributed by atoms with Gasteiger partial charge in [0.05, 0.1) is 12.2 Å². The summed E-state index contributed by atoms with van der Waals surface area (Å²) in [4.78, 5) is 50.2. The molecule has 2 unspecified atom stereocenters. The maximum Gasteiger partial charge on any atom is 0.341 e. The van der Waals surface area contributed by atoms with E-state index >= 15 is 0 Å². The molecule has 164 valence electrons. The lowest BCUT2D eigenvalue weighted by Crippen LogP contribution is -2.44. The molecule has 2 aliphatic rings. The summed E-state index contributed by atoms with van der Waals surface area (Å²) in [5.41, 5.74) is 1.39. The van der Waals surface area contributed by atoms with Crippen molar-refractivity contribution in [2.24, 2.45) is 0 Å². The van der Waals surface area contributed by atoms with E-state index < -0.39 is 42.6 Å². The maximum absolute atomic E-state index is 12.5. The first-order valence-corrected chi connectivity index (χ1v) is 10.9. The Balaban J connectivity index is 1.63. The van der Waals surface area contributed by atoms with Gasteiger partial charge in [-0.25, -0.2) is 9.59 Å². The van der Waals surface area contributed by atoms with Crippen molar-refractivity contribution in [1.29, 1.82) is 0 Å². The van der Waals surface area contributed by atoms with Gasteiger partial charge in [-0.2, -0.15) is 0 Å². The molecule has 2 N–H and O–H groups in total. The van der Waals surface area contributed by atoms with E-state index in [1.54, 1.807) is 6.92 Å². The van der Waals surface area contributed by atoms with Crippen LogP contribution in [0.3, 0.4) is 0 Å². The molecule has 2 amide bonds. The molecule has 0 spiro atoms. The highest BCUT2D eigenvalue weighted by Crippen LogP contribution is 2.38. The molecular formula is C20H26N2O7S. The number of thiophene rings is 1. The van der Waals surface area contributed by atoms with Crippen LogP contribution in [0.15, 0.2) is 0 Å². The van der Waals surface area contributed by atoms with Crippen molar-refractivity contribution in [3.63, 3.8) is 0 Å². The van der Waals surface area contributed by atoms with Crippen LogP contribution in [0.25, 0.3) is 0 Å². The van der Waals surface area contributed by atoms with Gasteiger partial charge in [0.25, 0.3) is 0 Å². The van der Waals surface area contributed by atoms with Gasteiger partial charge in [0.2, 0.25) is 11.8 Å². The molecule has 30 heavy (non-hydrogen) atoms. The fraction of sp³-hybridized carbons (Fsp3) is 0.600. The maximum atomic E-state index is 12.5. The number of nitrogens with one attached hydrogen (secondary N) is 1. The van der Waals surface area contributed by atoms with E-state index in [1.165, 1.54) is 18.3 Å². The van der Waals surface area contributed by atoms with Crippen LogP contribution in [0.1, 0.15) is 60.3 Å². The molecule has 10 heteroatoms. The van der Waals surface area contributed by atoms with Crippen LogP contribution in [-0.2, 0) is 36.7 Å². The molecule has 9 nitrogen and oxygen atoms in total. The molecule has 0 aromatic carbocycles. The van der Waals surface area contributed by atoms with Gasteiger partial charge in [-0.15, -0.1) is 11.3 Å². The Morgan fingerprint density at radius 2 is 1.80 bits per heavy atom. The Hall–Kier alpha value is -2.46. The number of ether oxygens (including phenoxy) is 2. The van der Waals surface area contributed by atoms with Crippen molar-refractivity contribution in [2.75, 3.05) is 18.5 Å². The predicted molar refractivity (Wildman–Crippen MR) is 108 cm³/mol. The number of carbonyl (C=O) groups is 4. The number of aryl methyl sites for hydroxylation is 1. The number of hydrogen-bond donors (Lipinski definition) is 2. The minimum Gasteiger partial charge on any atom is -0.462 e. The third kappa shape index (κ3) is 4.65. The number of rotatable bonds is 8. The SMILES string of the molecule is CCOC(=O)c1c(NC(O)COC(=O)C(C)N2C(=O)CCC2=O)sc2c1CCCC2. The largest absolute Gasteiger partial charge is 0.462 e. The summed E-state index contributed by atoms with van der Waals surface area (Å²) in [7, 11) is 0. The Morgan fingerprint density at radius 3 is 2.47 bits per heavy atom. The molecule has 1 aliphatic heterocycles. The number of anilines is 1. The monoisotopic (exact) mass is 438 g/mol. The number of esters is 2. The van der Waals surface area contributed by atoms with E-state index in [9.17, 15) is 24.3 Å². The summed E-state index contributed by atoms with van der Waals surface area (Å²) in [6.07, 6.45) is 2.58. The predicted octanol–water partition coefficient (Wildman–Crippen LogP) is 1.61. The topological polar surface area (TPSA) is 122 Å². The first kappa shape index (κ1) is 22.2. The molecule has 2 atom stereocenters. The standard InChI is InChI=1S/C20H26N2O7S/c1-3-28-20(27)17-12-6-4-5-7-13(12)30-18(17)21-14(23)10-29-19(26)11(2)22-15(24)8-9-16(22)25/h11,14,21,23H,3-10H2,1-2H3. The average molecular weight is 439 g/mol. The summed E-state index contributed by atoms with van der Waals surface area (Å²) >= 11 is 1.40. The number of fused-ring (bicyclic) bond motifs is 1. The zero-order valence-electron chi connectivity index (χ0n) is 17.1. The summed E-state index contributed by atoms with van der Waals surface area (Å²) in [5, 5.41) is 13.6. The summed E-state index contributed by atoms with van der Waals surface area (Å²) in [6.45, 7) is 2.99. The van der Waals surface area contributed by atoms with Crippen molar-refractivity contribution in [3.05, 3.63) is 16.0 Å². The van der Waals surface area contributed by atoms with Gasteiger partial charge >= 0.3 is 11.9 Å². The normalized spacial score (nSPS) is 18.0. The Labute approximate surface area is 178 Å². The van der Waals surface area contributed by atoms with Gasteiger partial charge in [-0.05, 0) is 45.1 Å². The Bertz CT molecular complexity index is 834. The van der Waals surface area contributed by atoms with Crippen molar-refractivity contribution in [3.8, 4) is 0 Å². The number of imide groups is 1. The lowest BCUT2D eigenvalue weighted by Gasteiger charge is -2.22. The number of carbonyl (C=O) groups excluding carboxylic acids is 4. The van der Waals surface area contributed by atoms with E-state index in [0.29, 0.717) is 10.6 Å². The van der Waals surface area contributed by atoms with E-state index in [2.05, 4.69) is 5.32 Å². The number of aliphatic hydroxyl groups excluding tert-OH is 1. The van der Waals surface area contributed by atoms with Crippen LogP contribution in [0.2, 0.25) is 0 Å². The minimum absolute atomic E-state index is 0.0836. The Morgan fingerprint density at radius 1 is 1.13 bits per heavy atom. The van der Waals surface area contributed by atoms with Crippen LogP contribution < -0.4 is 5.32 Å². The second-order valence-electron chi connectivity index (χ2n) is 7.26. The van der Waals surface area contributed by atoms with Crippen molar-refractivity contribution in [2.45, 2.75) is 64.6 Å². The number of amides is 2. The summed E-state index contributed by atoms with van der Waals surface area (Å²) < 4.78 is 10.3. The smallest absolute Gasteiger partial charge is 0.341 e. The summed E-state index contributed by atoms with van der Waals surface area (Å²) in [5.74, 6) is -2.04. The molecule has 1 aromatic heterocycles. The van der Waals surface area contributed by atoms with Gasteiger partial charge in [0.1, 0.15) is 17.6 Å². The zero-order valence-corrected chi connectivity index (χ0v) is 17.9. The second kappa shape index (κ2) is 9.57.